The number of hydrogen-bond donors (Lipinski definition) is 3. The first-order valence-electron chi connectivity index (χ1n) is 9.45. The van der Waals surface area contributed by atoms with Gasteiger partial charge in [0.2, 0.25) is 4.99 Å². The van der Waals surface area contributed by atoms with Gasteiger partial charge in [-0.25, -0.2) is 4.99 Å². The average molecular weight is 400 g/mol. The van der Waals surface area contributed by atoms with Crippen molar-refractivity contribution in [1.82, 2.24) is 15.2 Å². The van der Waals surface area contributed by atoms with Gasteiger partial charge in [-0.3, -0.25) is 4.79 Å². The molecule has 4 rings (SSSR count). The summed E-state index contributed by atoms with van der Waals surface area (Å²) in [5.74, 6) is 0.203. The average Bonchev–Trinajstić information content (AvgIpc) is 3.18. The lowest BCUT2D eigenvalue weighted by molar-refractivity contribution is -0.114. The molecule has 1 aromatic heterocycles. The number of aromatic nitrogens is 1. The molecule has 1 aromatic carbocycles. The zero-order valence-corrected chi connectivity index (χ0v) is 16.9. The van der Waals surface area contributed by atoms with E-state index >= 15 is 0 Å². The van der Waals surface area contributed by atoms with E-state index in [4.69, 9.17) is 15.5 Å². The normalized spacial score (nSPS) is 22.9. The maximum atomic E-state index is 12.3. The second-order valence-electron chi connectivity index (χ2n) is 6.83. The first kappa shape index (κ1) is 18.9. The highest BCUT2D eigenvalue weighted by molar-refractivity contribution is 7.99. The monoisotopic (exact) mass is 399 g/mol. The van der Waals surface area contributed by atoms with E-state index in [9.17, 15) is 4.79 Å². The summed E-state index contributed by atoms with van der Waals surface area (Å²) in [5.41, 5.74) is 9.18. The zero-order valence-electron chi connectivity index (χ0n) is 16.1. The molecule has 1 amide bonds. The van der Waals surface area contributed by atoms with E-state index in [2.05, 4.69) is 21.3 Å². The summed E-state index contributed by atoms with van der Waals surface area (Å²) in [6.07, 6.45) is 4.68. The van der Waals surface area contributed by atoms with E-state index in [1.54, 1.807) is 11.8 Å². The molecule has 1 saturated heterocycles. The van der Waals surface area contributed by atoms with Crippen molar-refractivity contribution in [2.24, 2.45) is 10.7 Å². The number of carbonyl (C=O) groups excluding carboxylic acids is 1. The van der Waals surface area contributed by atoms with Gasteiger partial charge in [0.1, 0.15) is 11.4 Å². The fourth-order valence-corrected chi connectivity index (χ4v) is 4.64. The van der Waals surface area contributed by atoms with Crippen LogP contribution in [-0.4, -0.2) is 54.2 Å². The van der Waals surface area contributed by atoms with E-state index < -0.39 is 10.9 Å². The Morgan fingerprint density at radius 1 is 1.36 bits per heavy atom. The van der Waals surface area contributed by atoms with Crippen LogP contribution in [0.25, 0.3) is 10.9 Å². The molecule has 0 radical (unpaired) electrons. The van der Waals surface area contributed by atoms with Gasteiger partial charge in [-0.2, -0.15) is 0 Å². The summed E-state index contributed by atoms with van der Waals surface area (Å²) >= 11 is 1.60. The molecule has 0 bridgehead atoms. The smallest absolute Gasteiger partial charge is 0.254 e. The quantitative estimate of drug-likeness (QED) is 0.732. The predicted octanol–water partition coefficient (Wildman–Crippen LogP) is 2.12. The molecule has 0 aliphatic carbocycles. The fraction of sp³-hybridized carbons (Fsp3) is 0.400. The Balaban J connectivity index is 1.90. The van der Waals surface area contributed by atoms with Crippen LogP contribution in [0.5, 0.6) is 0 Å². The fourth-order valence-electron chi connectivity index (χ4n) is 3.85. The Bertz CT molecular complexity index is 960. The summed E-state index contributed by atoms with van der Waals surface area (Å²) in [5, 5.41) is 4.64. The molecule has 0 saturated carbocycles. The molecule has 2 aromatic rings. The molecule has 2 aliphatic rings. The van der Waals surface area contributed by atoms with Crippen molar-refractivity contribution in [3.63, 3.8) is 0 Å². The minimum Gasteiger partial charge on any atom is -0.378 e. The molecule has 7 nitrogen and oxygen atoms in total. The standard InChI is InChI=1S/C20H25N5O2S/c1-3-15-17(18(21)26)19(25-8-10-27-11-9-25)24-20(23-15,28-2)14-12-22-16-7-5-4-6-13(14)16/h4-7,12,22-23H,3,8-11H2,1-2H3,(H2,21,26). The van der Waals surface area contributed by atoms with Crippen LogP contribution in [0.3, 0.4) is 0 Å². The number of benzene rings is 1. The summed E-state index contributed by atoms with van der Waals surface area (Å²) in [6.45, 7) is 4.61. The van der Waals surface area contributed by atoms with E-state index in [1.165, 1.54) is 0 Å². The van der Waals surface area contributed by atoms with Crippen molar-refractivity contribution in [1.29, 1.82) is 0 Å². The molecule has 2 aliphatic heterocycles. The molecular formula is C20H25N5O2S. The largest absolute Gasteiger partial charge is 0.378 e. The van der Waals surface area contributed by atoms with Gasteiger partial charge < -0.3 is 25.7 Å². The number of allylic oxidation sites excluding steroid dienone is 1. The molecule has 8 heteroatoms. The van der Waals surface area contributed by atoms with Crippen molar-refractivity contribution in [3.8, 4) is 0 Å². The number of morpholine rings is 1. The number of hydrogen-bond acceptors (Lipinski definition) is 6. The van der Waals surface area contributed by atoms with Crippen LogP contribution in [0.2, 0.25) is 0 Å². The van der Waals surface area contributed by atoms with E-state index in [0.29, 0.717) is 44.1 Å². The van der Waals surface area contributed by atoms with Gasteiger partial charge in [-0.15, -0.1) is 11.8 Å². The molecule has 3 heterocycles. The number of aliphatic imine (C=N–C) groups is 1. The van der Waals surface area contributed by atoms with Gasteiger partial charge in [0.15, 0.2) is 0 Å². The minimum atomic E-state index is -0.739. The lowest BCUT2D eigenvalue weighted by Gasteiger charge is -2.40. The minimum absolute atomic E-state index is 0.455. The van der Waals surface area contributed by atoms with Crippen LogP contribution >= 0.6 is 11.8 Å². The highest BCUT2D eigenvalue weighted by atomic mass is 32.2. The predicted molar refractivity (Wildman–Crippen MR) is 113 cm³/mol. The maximum absolute atomic E-state index is 12.3. The Kier molecular flexibility index (Phi) is 5.07. The van der Waals surface area contributed by atoms with Crippen molar-refractivity contribution in [2.45, 2.75) is 18.3 Å². The number of primary amides is 1. The van der Waals surface area contributed by atoms with Crippen LogP contribution in [0.1, 0.15) is 18.9 Å². The van der Waals surface area contributed by atoms with Gasteiger partial charge in [0.25, 0.3) is 5.91 Å². The second kappa shape index (κ2) is 7.52. The number of nitrogens with two attached hydrogens (primary N) is 1. The number of thioether (sulfide) groups is 1. The summed E-state index contributed by atoms with van der Waals surface area (Å²) in [7, 11) is 0. The first-order valence-corrected chi connectivity index (χ1v) is 10.7. The molecule has 1 unspecified atom stereocenters. The number of rotatable bonds is 4. The lowest BCUT2D eigenvalue weighted by atomic mass is 10.0. The van der Waals surface area contributed by atoms with Crippen molar-refractivity contribution in [3.05, 3.63) is 47.3 Å². The van der Waals surface area contributed by atoms with Gasteiger partial charge >= 0.3 is 0 Å². The number of amidine groups is 1. The number of nitrogens with one attached hydrogen (secondary N) is 2. The van der Waals surface area contributed by atoms with Crippen molar-refractivity contribution < 1.29 is 9.53 Å². The number of H-pyrrole nitrogens is 1. The third-order valence-corrected chi connectivity index (χ3v) is 6.27. The Hall–Kier alpha value is -2.45. The highest BCUT2D eigenvalue weighted by Gasteiger charge is 2.41. The number of ether oxygens (including phenoxy) is 1. The zero-order chi connectivity index (χ0) is 19.7. The van der Waals surface area contributed by atoms with Gasteiger partial charge in [-0.05, 0) is 18.7 Å². The topological polar surface area (TPSA) is 95.7 Å². The number of carbonyl (C=O) groups is 1. The Morgan fingerprint density at radius 2 is 2.11 bits per heavy atom. The first-order chi connectivity index (χ1) is 13.6. The van der Waals surface area contributed by atoms with Crippen molar-refractivity contribution >= 4 is 34.4 Å². The highest BCUT2D eigenvalue weighted by Crippen LogP contribution is 2.42. The summed E-state index contributed by atoms with van der Waals surface area (Å²) in [4.78, 5) is 22.2. The van der Waals surface area contributed by atoms with E-state index in [1.807, 2.05) is 37.6 Å². The van der Waals surface area contributed by atoms with Crippen LogP contribution in [0.4, 0.5) is 0 Å². The van der Waals surface area contributed by atoms with Crippen molar-refractivity contribution in [2.75, 3.05) is 32.6 Å². The summed E-state index contributed by atoms with van der Waals surface area (Å²) in [6, 6.07) is 8.17. The third-order valence-electron chi connectivity index (χ3n) is 5.27. The maximum Gasteiger partial charge on any atom is 0.254 e. The molecular weight excluding hydrogens is 374 g/mol. The van der Waals surface area contributed by atoms with E-state index in [0.717, 1.165) is 22.2 Å². The molecule has 0 spiro atoms. The molecule has 1 fully saturated rings. The van der Waals surface area contributed by atoms with E-state index in [-0.39, 0.29) is 0 Å². The second-order valence-corrected chi connectivity index (χ2v) is 7.83. The number of amides is 1. The van der Waals surface area contributed by atoms with Crippen LogP contribution in [0, 0.1) is 0 Å². The number of para-hydroxylation sites is 1. The molecule has 1 atom stereocenters. The van der Waals surface area contributed by atoms with Crippen LogP contribution < -0.4 is 11.1 Å². The Labute approximate surface area is 168 Å². The Morgan fingerprint density at radius 3 is 2.79 bits per heavy atom. The molecule has 148 valence electrons. The SMILES string of the molecule is CCC1=C(C(N)=O)C(N2CCOCC2)=NC(SC)(c2c[nH]c3ccccc23)N1. The summed E-state index contributed by atoms with van der Waals surface area (Å²) < 4.78 is 5.49. The number of aromatic amines is 1. The van der Waals surface area contributed by atoms with Gasteiger partial charge in [0, 0.05) is 41.4 Å². The number of fused-ring (bicyclic) bond motifs is 1. The molecule has 28 heavy (non-hydrogen) atoms. The van der Waals surface area contributed by atoms with Gasteiger partial charge in [0.05, 0.1) is 13.2 Å². The molecule has 4 N–H and O–H groups in total. The number of nitrogens with zero attached hydrogens (tertiary/aromatic N) is 2. The van der Waals surface area contributed by atoms with Gasteiger partial charge in [-0.1, -0.05) is 25.1 Å². The third kappa shape index (κ3) is 3.06. The lowest BCUT2D eigenvalue weighted by Crippen LogP contribution is -2.51. The van der Waals surface area contributed by atoms with Crippen LogP contribution in [-0.2, 0) is 14.5 Å². The van der Waals surface area contributed by atoms with Crippen LogP contribution in [0.15, 0.2) is 46.7 Å².